The average Bonchev–Trinajstić information content (AvgIpc) is 2.77. The Morgan fingerprint density at radius 2 is 2.18 bits per heavy atom. The van der Waals surface area contributed by atoms with E-state index in [4.69, 9.17) is 15.0 Å². The van der Waals surface area contributed by atoms with E-state index in [2.05, 4.69) is 30.9 Å². The first-order valence-electron chi connectivity index (χ1n) is 6.15. The number of rotatable bonds is 2. The van der Waals surface area contributed by atoms with Crippen LogP contribution in [0.3, 0.4) is 0 Å². The van der Waals surface area contributed by atoms with Gasteiger partial charge < -0.3 is 15.0 Å². The molecule has 1 fully saturated rings. The molecule has 1 aliphatic heterocycles. The van der Waals surface area contributed by atoms with Crippen LogP contribution in [0.2, 0.25) is 0 Å². The lowest BCUT2D eigenvalue weighted by atomic mass is 9.87. The first-order chi connectivity index (χ1) is 7.98. The number of hydrogen-bond donors (Lipinski definition) is 1. The predicted molar refractivity (Wildman–Crippen MR) is 63.5 cm³/mol. The van der Waals surface area contributed by atoms with Gasteiger partial charge in [0.05, 0.1) is 12.6 Å². The minimum absolute atomic E-state index is 0.0765. The van der Waals surface area contributed by atoms with Crippen LogP contribution in [0.4, 0.5) is 0 Å². The lowest BCUT2D eigenvalue weighted by Gasteiger charge is -2.23. The summed E-state index contributed by atoms with van der Waals surface area (Å²) in [6.45, 7) is 7.70. The van der Waals surface area contributed by atoms with Crippen LogP contribution in [0.15, 0.2) is 4.52 Å². The summed E-state index contributed by atoms with van der Waals surface area (Å²) < 4.78 is 10.7. The molecule has 1 aliphatic rings. The molecule has 96 valence electrons. The van der Waals surface area contributed by atoms with Crippen molar-refractivity contribution in [2.45, 2.75) is 45.6 Å². The van der Waals surface area contributed by atoms with Crippen LogP contribution in [0.1, 0.15) is 57.3 Å². The molecule has 1 unspecified atom stereocenters. The van der Waals surface area contributed by atoms with Gasteiger partial charge in [-0.3, -0.25) is 0 Å². The highest BCUT2D eigenvalue weighted by molar-refractivity contribution is 5.01. The quantitative estimate of drug-likeness (QED) is 0.854. The Morgan fingerprint density at radius 1 is 1.41 bits per heavy atom. The van der Waals surface area contributed by atoms with Crippen LogP contribution in [0, 0.1) is 5.41 Å². The zero-order chi connectivity index (χ0) is 12.5. The molecule has 5 heteroatoms. The van der Waals surface area contributed by atoms with E-state index in [1.807, 2.05) is 0 Å². The number of hydrogen-bond acceptors (Lipinski definition) is 5. The summed E-state index contributed by atoms with van der Waals surface area (Å²) in [6, 6.07) is -0.228. The highest BCUT2D eigenvalue weighted by atomic mass is 16.5. The van der Waals surface area contributed by atoms with E-state index in [9.17, 15) is 0 Å². The Hall–Kier alpha value is -0.940. The minimum atomic E-state index is -0.228. The Morgan fingerprint density at radius 3 is 2.76 bits per heavy atom. The summed E-state index contributed by atoms with van der Waals surface area (Å²) >= 11 is 0. The Bertz CT molecular complexity index is 364. The normalized spacial score (nSPS) is 23.6. The molecule has 0 aromatic carbocycles. The molecule has 0 aliphatic carbocycles. The van der Waals surface area contributed by atoms with Gasteiger partial charge in [0.2, 0.25) is 5.89 Å². The molecule has 2 rings (SSSR count). The largest absolute Gasteiger partial charge is 0.381 e. The van der Waals surface area contributed by atoms with Gasteiger partial charge in [0.1, 0.15) is 0 Å². The van der Waals surface area contributed by atoms with Crippen molar-refractivity contribution < 1.29 is 9.26 Å². The molecule has 2 N–H and O–H groups in total. The van der Waals surface area contributed by atoms with Gasteiger partial charge in [-0.1, -0.05) is 25.9 Å². The van der Waals surface area contributed by atoms with E-state index < -0.39 is 0 Å². The van der Waals surface area contributed by atoms with Crippen LogP contribution in [-0.2, 0) is 4.74 Å². The summed E-state index contributed by atoms with van der Waals surface area (Å²) in [5, 5.41) is 4.03. The van der Waals surface area contributed by atoms with E-state index in [0.717, 1.165) is 25.3 Å². The van der Waals surface area contributed by atoms with Gasteiger partial charge in [-0.05, 0) is 18.3 Å². The zero-order valence-corrected chi connectivity index (χ0v) is 10.8. The third kappa shape index (κ3) is 2.84. The van der Waals surface area contributed by atoms with Crippen molar-refractivity contribution in [2.24, 2.45) is 11.1 Å². The summed E-state index contributed by atoms with van der Waals surface area (Å²) in [4.78, 5) is 4.42. The average molecular weight is 239 g/mol. The van der Waals surface area contributed by atoms with Crippen molar-refractivity contribution in [1.82, 2.24) is 10.1 Å². The van der Waals surface area contributed by atoms with E-state index in [-0.39, 0.29) is 17.4 Å². The molecular weight excluding hydrogens is 218 g/mol. The molecule has 17 heavy (non-hydrogen) atoms. The Balaban J connectivity index is 2.10. The summed E-state index contributed by atoms with van der Waals surface area (Å²) in [5.74, 6) is 1.52. The van der Waals surface area contributed by atoms with Crippen molar-refractivity contribution in [3.05, 3.63) is 11.7 Å². The molecule has 0 bridgehead atoms. The molecule has 1 aromatic heterocycles. The molecule has 0 spiro atoms. The highest BCUT2D eigenvalue weighted by Crippen LogP contribution is 2.31. The topological polar surface area (TPSA) is 74.2 Å². The Labute approximate surface area is 102 Å². The summed E-state index contributed by atoms with van der Waals surface area (Å²) in [7, 11) is 0. The zero-order valence-electron chi connectivity index (χ0n) is 10.8. The van der Waals surface area contributed by atoms with Crippen molar-refractivity contribution in [1.29, 1.82) is 0 Å². The number of aromatic nitrogens is 2. The second-order valence-electron chi connectivity index (χ2n) is 5.75. The molecule has 2 heterocycles. The van der Waals surface area contributed by atoms with E-state index in [0.29, 0.717) is 12.5 Å². The molecule has 0 saturated carbocycles. The van der Waals surface area contributed by atoms with E-state index in [1.165, 1.54) is 0 Å². The molecule has 0 radical (unpaired) electrons. The first-order valence-corrected chi connectivity index (χ1v) is 6.15. The summed E-state index contributed by atoms with van der Waals surface area (Å²) in [6.07, 6.45) is 2.11. The maximum absolute atomic E-state index is 6.09. The maximum Gasteiger partial charge on any atom is 0.244 e. The first kappa shape index (κ1) is 12.5. The second kappa shape index (κ2) is 4.74. The fourth-order valence-corrected chi connectivity index (χ4v) is 1.85. The molecule has 2 atom stereocenters. The third-order valence-corrected chi connectivity index (χ3v) is 3.18. The van der Waals surface area contributed by atoms with Gasteiger partial charge in [0.15, 0.2) is 5.82 Å². The van der Waals surface area contributed by atoms with Gasteiger partial charge in [-0.15, -0.1) is 0 Å². The smallest absolute Gasteiger partial charge is 0.244 e. The maximum atomic E-state index is 6.09. The van der Waals surface area contributed by atoms with E-state index in [1.54, 1.807) is 0 Å². The Kier molecular flexibility index (Phi) is 3.49. The fraction of sp³-hybridized carbons (Fsp3) is 0.833. The molecule has 1 aromatic rings. The van der Waals surface area contributed by atoms with Crippen LogP contribution in [0.5, 0.6) is 0 Å². The SMILES string of the molecule is CC(C)(C)[C@H](N)c1nc(C2CCCOC2)no1. The number of nitrogens with two attached hydrogens (primary N) is 1. The lowest BCUT2D eigenvalue weighted by Crippen LogP contribution is -2.26. The van der Waals surface area contributed by atoms with Crippen molar-refractivity contribution >= 4 is 0 Å². The monoisotopic (exact) mass is 239 g/mol. The van der Waals surface area contributed by atoms with Gasteiger partial charge in [-0.2, -0.15) is 4.98 Å². The predicted octanol–water partition coefficient (Wildman–Crippen LogP) is 2.01. The van der Waals surface area contributed by atoms with Gasteiger partial charge in [-0.25, -0.2) is 0 Å². The van der Waals surface area contributed by atoms with Crippen LogP contribution < -0.4 is 5.73 Å². The van der Waals surface area contributed by atoms with Gasteiger partial charge in [0.25, 0.3) is 0 Å². The van der Waals surface area contributed by atoms with Crippen LogP contribution in [-0.4, -0.2) is 23.4 Å². The van der Waals surface area contributed by atoms with Crippen molar-refractivity contribution in [3.8, 4) is 0 Å². The van der Waals surface area contributed by atoms with Crippen molar-refractivity contribution in [3.63, 3.8) is 0 Å². The molecule has 0 amide bonds. The summed E-state index contributed by atoms with van der Waals surface area (Å²) in [5.41, 5.74) is 6.01. The molecule has 5 nitrogen and oxygen atoms in total. The standard InChI is InChI=1S/C12H21N3O2/c1-12(2,3)9(13)11-14-10(15-17-11)8-5-4-6-16-7-8/h8-9H,4-7,13H2,1-3H3/t8?,9-/m1/s1. The number of ether oxygens (including phenoxy) is 1. The molecule has 1 saturated heterocycles. The van der Waals surface area contributed by atoms with Crippen LogP contribution in [0.25, 0.3) is 0 Å². The van der Waals surface area contributed by atoms with Gasteiger partial charge in [0, 0.05) is 12.5 Å². The van der Waals surface area contributed by atoms with Crippen LogP contribution >= 0.6 is 0 Å². The highest BCUT2D eigenvalue weighted by Gasteiger charge is 2.29. The fourth-order valence-electron chi connectivity index (χ4n) is 1.85. The minimum Gasteiger partial charge on any atom is -0.381 e. The third-order valence-electron chi connectivity index (χ3n) is 3.18. The lowest BCUT2D eigenvalue weighted by molar-refractivity contribution is 0.0773. The van der Waals surface area contributed by atoms with Gasteiger partial charge >= 0.3 is 0 Å². The van der Waals surface area contributed by atoms with Crippen molar-refractivity contribution in [2.75, 3.05) is 13.2 Å². The second-order valence-corrected chi connectivity index (χ2v) is 5.75. The molecular formula is C12H21N3O2. The number of nitrogens with zero attached hydrogens (tertiary/aromatic N) is 2. The van der Waals surface area contributed by atoms with E-state index >= 15 is 0 Å².